The molecular formula is C20H23FN2O2S2. The highest BCUT2D eigenvalue weighted by Gasteiger charge is 2.17. The van der Waals surface area contributed by atoms with Gasteiger partial charge in [-0.25, -0.2) is 13.6 Å². The van der Waals surface area contributed by atoms with E-state index in [1.54, 1.807) is 12.3 Å². The SMILES string of the molecule is CCc1nccn1Cc1ccc(-c2cc(CC(C)C)sc2S(=O)O)cc1F. The van der Waals surface area contributed by atoms with Crippen LogP contribution in [0.5, 0.6) is 0 Å². The van der Waals surface area contributed by atoms with Crippen LogP contribution in [0.25, 0.3) is 11.1 Å². The molecule has 2 heterocycles. The van der Waals surface area contributed by atoms with Gasteiger partial charge in [0.25, 0.3) is 0 Å². The van der Waals surface area contributed by atoms with Crippen molar-refractivity contribution >= 4 is 22.4 Å². The lowest BCUT2D eigenvalue weighted by atomic mass is 10.0. The number of thiophene rings is 1. The number of aryl methyl sites for hydroxylation is 1. The summed E-state index contributed by atoms with van der Waals surface area (Å²) in [4.78, 5) is 5.30. The molecule has 0 amide bonds. The van der Waals surface area contributed by atoms with E-state index in [0.29, 0.717) is 33.4 Å². The van der Waals surface area contributed by atoms with Gasteiger partial charge in [0.1, 0.15) is 15.9 Å². The highest BCUT2D eigenvalue weighted by molar-refractivity contribution is 7.82. The van der Waals surface area contributed by atoms with E-state index in [0.717, 1.165) is 23.5 Å². The van der Waals surface area contributed by atoms with Crippen molar-refractivity contribution in [3.63, 3.8) is 0 Å². The smallest absolute Gasteiger partial charge is 0.197 e. The van der Waals surface area contributed by atoms with Gasteiger partial charge in [-0.05, 0) is 30.0 Å². The summed E-state index contributed by atoms with van der Waals surface area (Å²) in [5.41, 5.74) is 1.83. The number of halogens is 1. The van der Waals surface area contributed by atoms with E-state index in [-0.39, 0.29) is 5.82 Å². The van der Waals surface area contributed by atoms with E-state index < -0.39 is 11.1 Å². The molecule has 0 aliphatic rings. The molecule has 0 fully saturated rings. The average molecular weight is 407 g/mol. The first-order valence-electron chi connectivity index (χ1n) is 8.91. The Labute approximate surface area is 165 Å². The Morgan fingerprint density at radius 3 is 2.74 bits per heavy atom. The molecule has 7 heteroatoms. The van der Waals surface area contributed by atoms with Crippen LogP contribution in [0.1, 0.15) is 37.0 Å². The van der Waals surface area contributed by atoms with Gasteiger partial charge in [0, 0.05) is 34.8 Å². The molecule has 0 aliphatic heterocycles. The fourth-order valence-corrected chi connectivity index (χ4v) is 5.17. The monoisotopic (exact) mass is 406 g/mol. The topological polar surface area (TPSA) is 55.1 Å². The quantitative estimate of drug-likeness (QED) is 0.553. The lowest BCUT2D eigenvalue weighted by Crippen LogP contribution is -2.05. The summed E-state index contributed by atoms with van der Waals surface area (Å²) in [6, 6.07) is 6.93. The first kappa shape index (κ1) is 19.9. The molecule has 0 saturated carbocycles. The van der Waals surface area contributed by atoms with Crippen LogP contribution in [0.3, 0.4) is 0 Å². The van der Waals surface area contributed by atoms with Gasteiger partial charge >= 0.3 is 0 Å². The van der Waals surface area contributed by atoms with E-state index in [4.69, 9.17) is 0 Å². The fraction of sp³-hybridized carbons (Fsp3) is 0.350. The van der Waals surface area contributed by atoms with E-state index >= 15 is 0 Å². The summed E-state index contributed by atoms with van der Waals surface area (Å²) in [6.07, 6.45) is 5.17. The molecule has 1 unspecified atom stereocenters. The summed E-state index contributed by atoms with van der Waals surface area (Å²) in [5, 5.41) is 0. The Hall–Kier alpha value is -1.83. The van der Waals surface area contributed by atoms with Gasteiger partial charge in [-0.15, -0.1) is 11.3 Å². The number of imidazole rings is 1. The molecule has 0 spiro atoms. The molecule has 1 N–H and O–H groups in total. The van der Waals surface area contributed by atoms with Crippen molar-refractivity contribution in [2.45, 2.75) is 44.4 Å². The van der Waals surface area contributed by atoms with Crippen LogP contribution < -0.4 is 0 Å². The third kappa shape index (κ3) is 4.54. The van der Waals surface area contributed by atoms with Crippen molar-refractivity contribution in [2.75, 3.05) is 0 Å². The molecule has 144 valence electrons. The van der Waals surface area contributed by atoms with Gasteiger partial charge < -0.3 is 9.12 Å². The minimum Gasteiger partial charge on any atom is -0.330 e. The summed E-state index contributed by atoms with van der Waals surface area (Å²) in [7, 11) is 0. The van der Waals surface area contributed by atoms with Gasteiger partial charge in [-0.2, -0.15) is 0 Å². The normalized spacial score (nSPS) is 12.7. The fourth-order valence-electron chi connectivity index (χ4n) is 3.08. The average Bonchev–Trinajstić information content (AvgIpc) is 3.22. The predicted molar refractivity (Wildman–Crippen MR) is 108 cm³/mol. The maximum absolute atomic E-state index is 14.7. The predicted octanol–water partition coefficient (Wildman–Crippen LogP) is 5.14. The molecule has 3 rings (SSSR count). The van der Waals surface area contributed by atoms with E-state index in [2.05, 4.69) is 18.8 Å². The first-order valence-corrected chi connectivity index (χ1v) is 10.8. The highest BCUT2D eigenvalue weighted by Crippen LogP contribution is 2.35. The Morgan fingerprint density at radius 2 is 2.11 bits per heavy atom. The van der Waals surface area contributed by atoms with Crippen molar-refractivity contribution in [1.29, 1.82) is 0 Å². The Bertz CT molecular complexity index is 963. The molecule has 0 bridgehead atoms. The molecule has 1 aromatic carbocycles. The lowest BCUT2D eigenvalue weighted by molar-refractivity contribution is 0.566. The number of benzene rings is 1. The molecule has 2 aromatic heterocycles. The van der Waals surface area contributed by atoms with Crippen LogP contribution in [0.2, 0.25) is 0 Å². The third-order valence-electron chi connectivity index (χ3n) is 4.34. The second-order valence-electron chi connectivity index (χ2n) is 6.89. The summed E-state index contributed by atoms with van der Waals surface area (Å²) >= 11 is -0.769. The molecule has 0 saturated heterocycles. The maximum atomic E-state index is 14.7. The third-order valence-corrected chi connectivity index (χ3v) is 6.51. The largest absolute Gasteiger partial charge is 0.330 e. The second-order valence-corrected chi connectivity index (χ2v) is 9.19. The van der Waals surface area contributed by atoms with Crippen molar-refractivity contribution in [3.05, 3.63) is 58.7 Å². The Morgan fingerprint density at radius 1 is 1.33 bits per heavy atom. The van der Waals surface area contributed by atoms with E-state index in [9.17, 15) is 13.2 Å². The summed E-state index contributed by atoms with van der Waals surface area (Å²) in [6.45, 7) is 6.63. The molecule has 4 nitrogen and oxygen atoms in total. The van der Waals surface area contributed by atoms with Gasteiger partial charge in [0.15, 0.2) is 11.1 Å². The summed E-state index contributed by atoms with van der Waals surface area (Å²) in [5.74, 6) is 1.03. The number of hydrogen-bond acceptors (Lipinski definition) is 3. The zero-order valence-electron chi connectivity index (χ0n) is 15.6. The Kier molecular flexibility index (Phi) is 6.24. The van der Waals surface area contributed by atoms with Gasteiger partial charge in [0.2, 0.25) is 0 Å². The van der Waals surface area contributed by atoms with Crippen molar-refractivity contribution in [2.24, 2.45) is 5.92 Å². The van der Waals surface area contributed by atoms with Crippen molar-refractivity contribution < 1.29 is 13.2 Å². The second kappa shape index (κ2) is 8.46. The van der Waals surface area contributed by atoms with Crippen LogP contribution in [0.15, 0.2) is 40.9 Å². The summed E-state index contributed by atoms with van der Waals surface area (Å²) < 4.78 is 38.4. The highest BCUT2D eigenvalue weighted by atomic mass is 32.2. The molecule has 27 heavy (non-hydrogen) atoms. The van der Waals surface area contributed by atoms with Crippen LogP contribution in [0, 0.1) is 11.7 Å². The first-order chi connectivity index (χ1) is 12.9. The zero-order valence-corrected chi connectivity index (χ0v) is 17.2. The number of nitrogens with zero attached hydrogens (tertiary/aromatic N) is 2. The van der Waals surface area contributed by atoms with Crippen LogP contribution in [-0.2, 0) is 30.5 Å². The molecule has 0 aliphatic carbocycles. The van der Waals surface area contributed by atoms with Crippen molar-refractivity contribution in [3.8, 4) is 11.1 Å². The van der Waals surface area contributed by atoms with Gasteiger partial charge in [-0.1, -0.05) is 32.9 Å². The molecule has 3 aromatic rings. The standard InChI is InChI=1S/C20H23FN2O2S2/c1-4-19-22-7-8-23(19)12-15-6-5-14(10-18(15)21)17-11-16(9-13(2)3)26-20(17)27(24)25/h5-8,10-11,13H,4,9,12H2,1-3H3,(H,24,25). The molecule has 0 radical (unpaired) electrons. The minimum absolute atomic E-state index is 0.325. The van der Waals surface area contributed by atoms with Gasteiger partial charge in [-0.3, -0.25) is 0 Å². The van der Waals surface area contributed by atoms with Gasteiger partial charge in [0.05, 0.1) is 6.54 Å². The number of hydrogen-bond donors (Lipinski definition) is 1. The van der Waals surface area contributed by atoms with E-state index in [1.165, 1.54) is 17.4 Å². The lowest BCUT2D eigenvalue weighted by Gasteiger charge is -2.09. The van der Waals surface area contributed by atoms with E-state index in [1.807, 2.05) is 29.8 Å². The molecular weight excluding hydrogens is 383 g/mol. The number of aromatic nitrogens is 2. The number of rotatable bonds is 7. The van der Waals surface area contributed by atoms with Crippen LogP contribution in [0.4, 0.5) is 4.39 Å². The maximum Gasteiger partial charge on any atom is 0.197 e. The van der Waals surface area contributed by atoms with Crippen LogP contribution in [-0.4, -0.2) is 18.3 Å². The van der Waals surface area contributed by atoms with Crippen LogP contribution >= 0.6 is 11.3 Å². The molecule has 1 atom stereocenters. The van der Waals surface area contributed by atoms with Crippen molar-refractivity contribution in [1.82, 2.24) is 9.55 Å². The Balaban J connectivity index is 1.93. The minimum atomic E-state index is -2.09. The zero-order chi connectivity index (χ0) is 19.6.